The van der Waals surface area contributed by atoms with Gasteiger partial charge in [-0.3, -0.25) is 24.3 Å². The van der Waals surface area contributed by atoms with E-state index in [0.29, 0.717) is 11.2 Å². The van der Waals surface area contributed by atoms with Gasteiger partial charge in [0.15, 0.2) is 5.82 Å². The molecule has 0 atom stereocenters. The molecule has 0 spiro atoms. The molecule has 158 valence electrons. The predicted octanol–water partition coefficient (Wildman–Crippen LogP) is 3.31. The van der Waals surface area contributed by atoms with Gasteiger partial charge < -0.3 is 5.32 Å². The molecule has 1 N–H and O–H groups in total. The Bertz CT molecular complexity index is 1100. The molecule has 0 saturated carbocycles. The van der Waals surface area contributed by atoms with E-state index in [1.54, 1.807) is 10.9 Å². The second-order valence-corrected chi connectivity index (χ2v) is 6.63. The molecule has 0 aliphatic carbocycles. The second kappa shape index (κ2) is 7.97. The zero-order valence-corrected chi connectivity index (χ0v) is 16.0. The highest BCUT2D eigenvalue weighted by Gasteiger charge is 2.44. The summed E-state index contributed by atoms with van der Waals surface area (Å²) in [7, 11) is 0. The first-order valence-corrected chi connectivity index (χ1v) is 8.72. The molecule has 0 radical (unpaired) electrons. The highest BCUT2D eigenvalue weighted by molar-refractivity contribution is 5.89. The van der Waals surface area contributed by atoms with Gasteiger partial charge in [-0.25, -0.2) is 0 Å². The molecular formula is C18H17F3N6O3. The third-order valence-electron chi connectivity index (χ3n) is 4.25. The van der Waals surface area contributed by atoms with Gasteiger partial charge in [0, 0.05) is 12.3 Å². The van der Waals surface area contributed by atoms with Gasteiger partial charge in [-0.15, -0.1) is 0 Å². The maximum absolute atomic E-state index is 13.0. The topological polar surface area (TPSA) is 108 Å². The Morgan fingerprint density at radius 1 is 1.23 bits per heavy atom. The van der Waals surface area contributed by atoms with E-state index in [0.717, 1.165) is 18.1 Å². The lowest BCUT2D eigenvalue weighted by Crippen LogP contribution is -2.21. The summed E-state index contributed by atoms with van der Waals surface area (Å²) in [6.45, 7) is 2.90. The molecule has 2 heterocycles. The van der Waals surface area contributed by atoms with Gasteiger partial charge in [0.05, 0.1) is 11.5 Å². The van der Waals surface area contributed by atoms with Crippen molar-refractivity contribution in [1.82, 2.24) is 19.6 Å². The quantitative estimate of drug-likeness (QED) is 0.484. The van der Waals surface area contributed by atoms with Crippen LogP contribution >= 0.6 is 0 Å². The Balaban J connectivity index is 1.71. The smallest absolute Gasteiger partial charge is 0.308 e. The number of carbonyl (C=O) groups excluding carboxylic acids is 1. The van der Waals surface area contributed by atoms with Crippen molar-refractivity contribution in [3.05, 3.63) is 69.2 Å². The molecule has 1 aromatic carbocycles. The van der Waals surface area contributed by atoms with Crippen LogP contribution in [0.4, 0.5) is 24.7 Å². The standard InChI is InChI=1S/C18H17F3N6O3/c1-11-4-3-5-13(8-11)9-25-7-6-14(23-25)22-15(28)10-26-12(2)16(27(29)30)17(24-26)18(19,20)21/h3-8H,9-10H2,1-2H3,(H,22,23,28). The van der Waals surface area contributed by atoms with Crippen molar-refractivity contribution in [2.45, 2.75) is 33.1 Å². The lowest BCUT2D eigenvalue weighted by atomic mass is 10.1. The highest BCUT2D eigenvalue weighted by atomic mass is 19.4. The normalized spacial score (nSPS) is 11.5. The average molecular weight is 422 g/mol. The summed E-state index contributed by atoms with van der Waals surface area (Å²) >= 11 is 0. The summed E-state index contributed by atoms with van der Waals surface area (Å²) in [6, 6.07) is 9.33. The Kier molecular flexibility index (Phi) is 5.58. The summed E-state index contributed by atoms with van der Waals surface area (Å²) in [5, 5.41) is 20.9. The van der Waals surface area contributed by atoms with Gasteiger partial charge in [0.2, 0.25) is 11.6 Å². The minimum absolute atomic E-state index is 0.197. The largest absolute Gasteiger partial charge is 0.442 e. The van der Waals surface area contributed by atoms with E-state index < -0.39 is 34.9 Å². The summed E-state index contributed by atoms with van der Waals surface area (Å²) in [5.41, 5.74) is -1.07. The number of amides is 1. The number of anilines is 1. The first-order valence-electron chi connectivity index (χ1n) is 8.72. The molecule has 0 fully saturated rings. The first kappa shape index (κ1) is 21.0. The minimum Gasteiger partial charge on any atom is -0.308 e. The first-order chi connectivity index (χ1) is 14.0. The van der Waals surface area contributed by atoms with Crippen molar-refractivity contribution in [2.75, 3.05) is 5.32 Å². The molecule has 1 amide bonds. The van der Waals surface area contributed by atoms with Crippen molar-refractivity contribution in [1.29, 1.82) is 0 Å². The number of hydrogen-bond donors (Lipinski definition) is 1. The summed E-state index contributed by atoms with van der Waals surface area (Å²) in [4.78, 5) is 22.0. The number of aromatic nitrogens is 4. The summed E-state index contributed by atoms with van der Waals surface area (Å²) in [6.07, 6.45) is -3.37. The molecule has 30 heavy (non-hydrogen) atoms. The fraction of sp³-hybridized carbons (Fsp3) is 0.278. The number of nitrogens with one attached hydrogen (secondary N) is 1. The van der Waals surface area contributed by atoms with Crippen LogP contribution < -0.4 is 5.32 Å². The molecule has 0 bridgehead atoms. The zero-order valence-electron chi connectivity index (χ0n) is 16.0. The molecule has 12 heteroatoms. The van der Waals surface area contributed by atoms with Crippen LogP contribution in [0.5, 0.6) is 0 Å². The number of nitrogens with zero attached hydrogens (tertiary/aromatic N) is 5. The number of nitro groups is 1. The van der Waals surface area contributed by atoms with Crippen LogP contribution in [-0.4, -0.2) is 30.4 Å². The predicted molar refractivity (Wildman–Crippen MR) is 99.8 cm³/mol. The Hall–Kier alpha value is -3.70. The van der Waals surface area contributed by atoms with E-state index in [4.69, 9.17) is 0 Å². The molecule has 0 aliphatic rings. The third kappa shape index (κ3) is 4.64. The summed E-state index contributed by atoms with van der Waals surface area (Å²) < 4.78 is 41.2. The van der Waals surface area contributed by atoms with Crippen molar-refractivity contribution in [3.8, 4) is 0 Å². The maximum atomic E-state index is 13.0. The van der Waals surface area contributed by atoms with Crippen molar-refractivity contribution in [2.24, 2.45) is 0 Å². The number of rotatable bonds is 6. The van der Waals surface area contributed by atoms with Gasteiger partial charge >= 0.3 is 11.9 Å². The van der Waals surface area contributed by atoms with Crippen LogP contribution in [0.1, 0.15) is 22.5 Å². The van der Waals surface area contributed by atoms with Crippen molar-refractivity contribution in [3.63, 3.8) is 0 Å². The van der Waals surface area contributed by atoms with Crippen LogP contribution in [0.25, 0.3) is 0 Å². The maximum Gasteiger partial charge on any atom is 0.442 e. The number of halogens is 3. The Morgan fingerprint density at radius 2 is 1.97 bits per heavy atom. The van der Waals surface area contributed by atoms with Gasteiger partial charge in [0.1, 0.15) is 12.2 Å². The number of hydrogen-bond acceptors (Lipinski definition) is 5. The fourth-order valence-corrected chi connectivity index (χ4v) is 2.93. The van der Waals surface area contributed by atoms with Crippen LogP contribution in [0, 0.1) is 24.0 Å². The van der Waals surface area contributed by atoms with Crippen molar-refractivity contribution < 1.29 is 22.9 Å². The van der Waals surface area contributed by atoms with E-state index >= 15 is 0 Å². The Labute approximate surface area is 168 Å². The SMILES string of the molecule is Cc1cccc(Cn2ccc(NC(=O)Cn3nc(C(F)(F)F)c([N+](=O)[O-])c3C)n2)c1. The average Bonchev–Trinajstić information content (AvgIpc) is 3.19. The van der Waals surface area contributed by atoms with Gasteiger partial charge in [-0.05, 0) is 19.4 Å². The second-order valence-electron chi connectivity index (χ2n) is 6.63. The number of alkyl halides is 3. The molecular weight excluding hydrogens is 405 g/mol. The third-order valence-corrected chi connectivity index (χ3v) is 4.25. The van der Waals surface area contributed by atoms with E-state index in [1.165, 1.54) is 6.07 Å². The van der Waals surface area contributed by atoms with Crippen LogP contribution in [0.15, 0.2) is 36.5 Å². The van der Waals surface area contributed by atoms with Crippen molar-refractivity contribution >= 4 is 17.4 Å². The van der Waals surface area contributed by atoms with E-state index in [2.05, 4.69) is 15.5 Å². The lowest BCUT2D eigenvalue weighted by molar-refractivity contribution is -0.388. The van der Waals surface area contributed by atoms with Gasteiger partial charge in [-0.2, -0.15) is 23.4 Å². The fourth-order valence-electron chi connectivity index (χ4n) is 2.93. The molecule has 0 unspecified atom stereocenters. The van der Waals surface area contributed by atoms with Crippen LogP contribution in [0.2, 0.25) is 0 Å². The molecule has 0 aliphatic heterocycles. The molecule has 3 aromatic rings. The minimum atomic E-state index is -5.01. The Morgan fingerprint density at radius 3 is 2.57 bits per heavy atom. The van der Waals surface area contributed by atoms with E-state index in [9.17, 15) is 28.1 Å². The van der Waals surface area contributed by atoms with Gasteiger partial charge in [0.25, 0.3) is 0 Å². The zero-order chi connectivity index (χ0) is 22.1. The molecule has 2 aromatic heterocycles. The number of carbonyl (C=O) groups is 1. The lowest BCUT2D eigenvalue weighted by Gasteiger charge is -2.05. The van der Waals surface area contributed by atoms with E-state index in [-0.39, 0.29) is 11.5 Å². The van der Waals surface area contributed by atoms with E-state index in [1.807, 2.05) is 31.2 Å². The number of aryl methyl sites for hydroxylation is 1. The molecule has 0 saturated heterocycles. The number of benzene rings is 1. The van der Waals surface area contributed by atoms with Gasteiger partial charge in [-0.1, -0.05) is 29.8 Å². The molecule has 3 rings (SSSR count). The summed E-state index contributed by atoms with van der Waals surface area (Å²) in [5.74, 6) is -0.520. The van der Waals surface area contributed by atoms with Crippen LogP contribution in [-0.2, 0) is 24.1 Å². The van der Waals surface area contributed by atoms with Crippen LogP contribution in [0.3, 0.4) is 0 Å². The highest BCUT2D eigenvalue weighted by Crippen LogP contribution is 2.36. The molecule has 9 nitrogen and oxygen atoms in total. The monoisotopic (exact) mass is 422 g/mol.